The van der Waals surface area contributed by atoms with Crippen LogP contribution in [0.1, 0.15) is 18.9 Å². The maximum Gasteiger partial charge on any atom is 0.228 e. The Labute approximate surface area is 151 Å². The fourth-order valence-corrected chi connectivity index (χ4v) is 4.65. The standard InChI is InChI=1S/C20H23NO3S/c1-3-18-19(14-25(23)17-7-5-4-6-8-17)21(20(18)22)13-15-9-11-16(24-2)12-10-15/h4-12,18-19H,3,13-14H2,1-2H3/t18-,19-,25?/m1/s1. The third-order valence-electron chi connectivity index (χ3n) is 4.75. The molecule has 2 aromatic rings. The van der Waals surface area contributed by atoms with E-state index in [1.54, 1.807) is 7.11 Å². The predicted octanol–water partition coefficient (Wildman–Crippen LogP) is 3.24. The zero-order valence-electron chi connectivity index (χ0n) is 14.6. The highest BCUT2D eigenvalue weighted by atomic mass is 32.2. The van der Waals surface area contributed by atoms with Crippen LogP contribution in [0.5, 0.6) is 5.75 Å². The number of ether oxygens (including phenoxy) is 1. The molecule has 132 valence electrons. The second kappa shape index (κ2) is 7.83. The van der Waals surface area contributed by atoms with Crippen molar-refractivity contribution in [1.29, 1.82) is 0 Å². The van der Waals surface area contributed by atoms with E-state index in [1.165, 1.54) is 0 Å². The maximum atomic E-state index is 12.7. The molecular formula is C20H23NO3S. The molecule has 1 saturated heterocycles. The third kappa shape index (κ3) is 3.76. The number of carbonyl (C=O) groups is 1. The molecule has 0 bridgehead atoms. The lowest BCUT2D eigenvalue weighted by atomic mass is 9.86. The Kier molecular flexibility index (Phi) is 5.53. The Morgan fingerprint density at radius 2 is 1.76 bits per heavy atom. The third-order valence-corrected chi connectivity index (χ3v) is 6.19. The number of likely N-dealkylation sites (tertiary alicyclic amines) is 1. The van der Waals surface area contributed by atoms with Gasteiger partial charge in [-0.05, 0) is 36.2 Å². The first kappa shape index (κ1) is 17.7. The van der Waals surface area contributed by atoms with Crippen LogP contribution < -0.4 is 4.74 Å². The van der Waals surface area contributed by atoms with Crippen molar-refractivity contribution in [2.75, 3.05) is 12.9 Å². The van der Waals surface area contributed by atoms with Gasteiger partial charge >= 0.3 is 0 Å². The molecule has 0 N–H and O–H groups in total. The van der Waals surface area contributed by atoms with E-state index in [-0.39, 0.29) is 17.9 Å². The Morgan fingerprint density at radius 1 is 1.08 bits per heavy atom. The van der Waals surface area contributed by atoms with Gasteiger partial charge in [0.1, 0.15) is 5.75 Å². The highest BCUT2D eigenvalue weighted by Gasteiger charge is 2.46. The largest absolute Gasteiger partial charge is 0.497 e. The normalized spacial score (nSPS) is 20.9. The molecule has 5 heteroatoms. The fourth-order valence-electron chi connectivity index (χ4n) is 3.28. The number of hydrogen-bond acceptors (Lipinski definition) is 3. The molecule has 0 spiro atoms. The quantitative estimate of drug-likeness (QED) is 0.715. The minimum Gasteiger partial charge on any atom is -0.497 e. The SMILES string of the molecule is CC[C@H]1C(=O)N(Cc2ccc(OC)cc2)[C@@H]1CS(=O)c1ccccc1. The minimum atomic E-state index is -1.10. The number of benzene rings is 2. The van der Waals surface area contributed by atoms with Gasteiger partial charge < -0.3 is 9.64 Å². The molecule has 1 fully saturated rings. The number of hydrogen-bond donors (Lipinski definition) is 0. The van der Waals surface area contributed by atoms with E-state index in [0.717, 1.165) is 22.6 Å². The van der Waals surface area contributed by atoms with E-state index in [1.807, 2.05) is 66.4 Å². The zero-order valence-corrected chi connectivity index (χ0v) is 15.4. The number of nitrogens with zero attached hydrogens (tertiary/aromatic N) is 1. The summed E-state index contributed by atoms with van der Waals surface area (Å²) < 4.78 is 17.8. The van der Waals surface area contributed by atoms with Gasteiger partial charge in [-0.1, -0.05) is 37.3 Å². The lowest BCUT2D eigenvalue weighted by molar-refractivity contribution is -0.156. The van der Waals surface area contributed by atoms with Gasteiger partial charge in [-0.2, -0.15) is 0 Å². The van der Waals surface area contributed by atoms with Gasteiger partial charge in [0.25, 0.3) is 0 Å². The predicted molar refractivity (Wildman–Crippen MR) is 98.8 cm³/mol. The summed E-state index contributed by atoms with van der Waals surface area (Å²) in [6.45, 7) is 2.57. The summed E-state index contributed by atoms with van der Waals surface area (Å²) in [5.74, 6) is 1.43. The molecular weight excluding hydrogens is 334 g/mol. The van der Waals surface area contributed by atoms with Gasteiger partial charge in [-0.15, -0.1) is 0 Å². The minimum absolute atomic E-state index is 0.0223. The Morgan fingerprint density at radius 3 is 2.36 bits per heavy atom. The smallest absolute Gasteiger partial charge is 0.228 e. The molecule has 2 aromatic carbocycles. The molecule has 1 aliphatic heterocycles. The number of β-lactam (4-membered cyclic amide) rings is 1. The van der Waals surface area contributed by atoms with Gasteiger partial charge in [0.15, 0.2) is 0 Å². The van der Waals surface area contributed by atoms with E-state index in [2.05, 4.69) is 0 Å². The zero-order chi connectivity index (χ0) is 17.8. The second-order valence-electron chi connectivity index (χ2n) is 6.22. The van der Waals surface area contributed by atoms with Crippen molar-refractivity contribution in [3.63, 3.8) is 0 Å². The Bertz CT molecular complexity index is 745. The van der Waals surface area contributed by atoms with Crippen LogP contribution in [0.15, 0.2) is 59.5 Å². The van der Waals surface area contributed by atoms with Crippen molar-refractivity contribution in [2.24, 2.45) is 5.92 Å². The maximum absolute atomic E-state index is 12.7. The van der Waals surface area contributed by atoms with Gasteiger partial charge in [-0.25, -0.2) is 0 Å². The van der Waals surface area contributed by atoms with Crippen molar-refractivity contribution < 1.29 is 13.7 Å². The molecule has 1 heterocycles. The molecule has 1 unspecified atom stereocenters. The van der Waals surface area contributed by atoms with Crippen LogP contribution in [0.4, 0.5) is 0 Å². The molecule has 0 aliphatic carbocycles. The summed E-state index contributed by atoms with van der Waals surface area (Å²) in [5.41, 5.74) is 1.05. The van der Waals surface area contributed by atoms with E-state index in [0.29, 0.717) is 12.3 Å². The van der Waals surface area contributed by atoms with Crippen LogP contribution in [0.25, 0.3) is 0 Å². The Hall–Kier alpha value is -2.14. The van der Waals surface area contributed by atoms with Gasteiger partial charge in [0.05, 0.1) is 29.9 Å². The highest BCUT2D eigenvalue weighted by molar-refractivity contribution is 7.85. The number of methoxy groups -OCH3 is 1. The molecule has 1 aliphatic rings. The topological polar surface area (TPSA) is 46.6 Å². The van der Waals surface area contributed by atoms with Gasteiger partial charge in [-0.3, -0.25) is 9.00 Å². The van der Waals surface area contributed by atoms with E-state index in [4.69, 9.17) is 4.74 Å². The summed E-state index contributed by atoms with van der Waals surface area (Å²) >= 11 is 0. The monoisotopic (exact) mass is 357 g/mol. The lowest BCUT2D eigenvalue weighted by Crippen LogP contribution is -2.62. The van der Waals surface area contributed by atoms with Crippen LogP contribution in [0.2, 0.25) is 0 Å². The summed E-state index contributed by atoms with van der Waals surface area (Å²) in [6, 6.07) is 17.2. The van der Waals surface area contributed by atoms with Gasteiger partial charge in [0, 0.05) is 17.2 Å². The van der Waals surface area contributed by atoms with Crippen molar-refractivity contribution in [3.05, 3.63) is 60.2 Å². The average Bonchev–Trinajstić information content (AvgIpc) is 2.67. The van der Waals surface area contributed by atoms with Crippen LogP contribution >= 0.6 is 0 Å². The molecule has 25 heavy (non-hydrogen) atoms. The van der Waals surface area contributed by atoms with E-state index >= 15 is 0 Å². The molecule has 3 atom stereocenters. The summed E-state index contributed by atoms with van der Waals surface area (Å²) in [7, 11) is 0.537. The number of carbonyl (C=O) groups excluding carboxylic acids is 1. The number of rotatable bonds is 7. The van der Waals surface area contributed by atoms with Crippen molar-refractivity contribution in [2.45, 2.75) is 30.8 Å². The number of amides is 1. The molecule has 3 rings (SSSR count). The van der Waals surface area contributed by atoms with Crippen LogP contribution in [0, 0.1) is 5.92 Å². The average molecular weight is 357 g/mol. The summed E-state index contributed by atoms with van der Waals surface area (Å²) in [6.07, 6.45) is 0.786. The second-order valence-corrected chi connectivity index (χ2v) is 7.72. The van der Waals surface area contributed by atoms with Gasteiger partial charge in [0.2, 0.25) is 5.91 Å². The fraction of sp³-hybridized carbons (Fsp3) is 0.350. The van der Waals surface area contributed by atoms with Crippen LogP contribution in [0.3, 0.4) is 0 Å². The molecule has 0 radical (unpaired) electrons. The summed E-state index contributed by atoms with van der Waals surface area (Å²) in [5, 5.41) is 0. The van der Waals surface area contributed by atoms with Crippen molar-refractivity contribution in [1.82, 2.24) is 4.90 Å². The lowest BCUT2D eigenvalue weighted by Gasteiger charge is -2.47. The first-order valence-corrected chi connectivity index (χ1v) is 9.82. The van der Waals surface area contributed by atoms with E-state index in [9.17, 15) is 9.00 Å². The molecule has 1 amide bonds. The van der Waals surface area contributed by atoms with Crippen LogP contribution in [-0.4, -0.2) is 33.9 Å². The first-order chi connectivity index (χ1) is 12.1. The van der Waals surface area contributed by atoms with Crippen molar-refractivity contribution in [3.8, 4) is 5.75 Å². The van der Waals surface area contributed by atoms with Crippen LogP contribution in [-0.2, 0) is 22.1 Å². The molecule has 0 aromatic heterocycles. The van der Waals surface area contributed by atoms with Crippen molar-refractivity contribution >= 4 is 16.7 Å². The molecule has 4 nitrogen and oxygen atoms in total. The summed E-state index contributed by atoms with van der Waals surface area (Å²) in [4.78, 5) is 15.1. The van der Waals surface area contributed by atoms with E-state index < -0.39 is 10.8 Å². The Balaban J connectivity index is 1.71. The highest BCUT2D eigenvalue weighted by Crippen LogP contribution is 2.32. The molecule has 0 saturated carbocycles. The first-order valence-electron chi connectivity index (χ1n) is 8.51.